The third-order valence-electron chi connectivity index (χ3n) is 3.44. The van der Waals surface area contributed by atoms with Gasteiger partial charge in [0.25, 0.3) is 5.91 Å². The maximum Gasteiger partial charge on any atom is 0.255 e. The van der Waals surface area contributed by atoms with Crippen LogP contribution in [0.15, 0.2) is 42.5 Å². The molecule has 2 aromatic carbocycles. The molecule has 0 saturated carbocycles. The van der Waals surface area contributed by atoms with Crippen LogP contribution in [-0.2, 0) is 16.4 Å². The zero-order valence-corrected chi connectivity index (χ0v) is 14.2. The van der Waals surface area contributed by atoms with E-state index in [2.05, 4.69) is 10.0 Å². The van der Waals surface area contributed by atoms with Gasteiger partial charge in [-0.15, -0.1) is 0 Å². The van der Waals surface area contributed by atoms with Crippen molar-refractivity contribution in [2.45, 2.75) is 20.3 Å². The lowest BCUT2D eigenvalue weighted by Crippen LogP contribution is -2.15. The number of anilines is 2. The Balaban J connectivity index is 2.28. The van der Waals surface area contributed by atoms with Crippen molar-refractivity contribution in [3.63, 3.8) is 0 Å². The van der Waals surface area contributed by atoms with E-state index in [1.54, 1.807) is 25.1 Å². The summed E-state index contributed by atoms with van der Waals surface area (Å²) < 4.78 is 25.2. The molecule has 122 valence electrons. The number of sulfonamides is 1. The molecule has 0 bridgehead atoms. The van der Waals surface area contributed by atoms with E-state index in [-0.39, 0.29) is 5.91 Å². The van der Waals surface area contributed by atoms with Gasteiger partial charge in [0, 0.05) is 11.3 Å². The van der Waals surface area contributed by atoms with Gasteiger partial charge in [-0.1, -0.05) is 31.2 Å². The van der Waals surface area contributed by atoms with E-state index in [9.17, 15) is 13.2 Å². The highest BCUT2D eigenvalue weighted by atomic mass is 32.2. The number of nitrogens with one attached hydrogen (secondary N) is 2. The molecule has 0 fully saturated rings. The normalized spacial score (nSPS) is 11.1. The molecule has 0 saturated heterocycles. The number of para-hydroxylation sites is 1. The van der Waals surface area contributed by atoms with Crippen molar-refractivity contribution in [1.29, 1.82) is 0 Å². The number of aryl methyl sites for hydroxylation is 2. The van der Waals surface area contributed by atoms with E-state index in [0.29, 0.717) is 11.3 Å². The predicted molar refractivity (Wildman–Crippen MR) is 93.4 cm³/mol. The summed E-state index contributed by atoms with van der Waals surface area (Å²) in [6.07, 6.45) is 1.89. The van der Waals surface area contributed by atoms with Crippen LogP contribution in [0, 0.1) is 6.92 Å². The molecule has 23 heavy (non-hydrogen) atoms. The molecule has 6 heteroatoms. The summed E-state index contributed by atoms with van der Waals surface area (Å²) >= 11 is 0. The lowest BCUT2D eigenvalue weighted by Gasteiger charge is -2.12. The summed E-state index contributed by atoms with van der Waals surface area (Å²) in [5, 5.41) is 2.87. The molecule has 2 rings (SSSR count). The number of benzene rings is 2. The van der Waals surface area contributed by atoms with E-state index >= 15 is 0 Å². The van der Waals surface area contributed by atoms with Gasteiger partial charge in [-0.25, -0.2) is 8.42 Å². The fourth-order valence-corrected chi connectivity index (χ4v) is 2.84. The molecule has 0 aliphatic rings. The predicted octanol–water partition coefficient (Wildman–Crippen LogP) is 3.18. The number of hydrogen-bond acceptors (Lipinski definition) is 3. The fraction of sp³-hybridized carbons (Fsp3) is 0.235. The molecule has 2 aromatic rings. The molecule has 0 atom stereocenters. The Hall–Kier alpha value is -2.34. The Bertz CT molecular complexity index is 829. The van der Waals surface area contributed by atoms with E-state index in [1.807, 2.05) is 31.2 Å². The quantitative estimate of drug-likeness (QED) is 0.883. The molecule has 5 nitrogen and oxygen atoms in total. The molecule has 0 radical (unpaired) electrons. The van der Waals surface area contributed by atoms with Gasteiger partial charge in [0.2, 0.25) is 10.0 Å². The third kappa shape index (κ3) is 4.56. The lowest BCUT2D eigenvalue weighted by molar-refractivity contribution is 0.102. The monoisotopic (exact) mass is 332 g/mol. The summed E-state index contributed by atoms with van der Waals surface area (Å²) in [6.45, 7) is 3.80. The van der Waals surface area contributed by atoms with Crippen LogP contribution in [0.2, 0.25) is 0 Å². The minimum Gasteiger partial charge on any atom is -0.322 e. The van der Waals surface area contributed by atoms with Gasteiger partial charge in [-0.2, -0.15) is 0 Å². The molecular formula is C17H20N2O3S. The average Bonchev–Trinajstić information content (AvgIpc) is 2.48. The number of hydrogen-bond donors (Lipinski definition) is 2. The largest absolute Gasteiger partial charge is 0.322 e. The zero-order chi connectivity index (χ0) is 17.0. The van der Waals surface area contributed by atoms with E-state index in [1.165, 1.54) is 0 Å². The van der Waals surface area contributed by atoms with Crippen molar-refractivity contribution in [3.05, 3.63) is 59.2 Å². The first kappa shape index (κ1) is 17.0. The molecule has 0 aliphatic carbocycles. The summed E-state index contributed by atoms with van der Waals surface area (Å²) in [7, 11) is -3.39. The Kier molecular flexibility index (Phi) is 5.05. The van der Waals surface area contributed by atoms with E-state index < -0.39 is 10.0 Å². The Morgan fingerprint density at radius 1 is 1.09 bits per heavy atom. The Morgan fingerprint density at radius 3 is 2.43 bits per heavy atom. The number of carbonyl (C=O) groups excluding carboxylic acids is 1. The molecular weight excluding hydrogens is 312 g/mol. The highest BCUT2D eigenvalue weighted by molar-refractivity contribution is 7.92. The highest BCUT2D eigenvalue weighted by Gasteiger charge is 2.12. The number of amides is 1. The van der Waals surface area contributed by atoms with Crippen LogP contribution >= 0.6 is 0 Å². The lowest BCUT2D eigenvalue weighted by atomic mass is 10.1. The molecule has 1 amide bonds. The topological polar surface area (TPSA) is 75.3 Å². The van der Waals surface area contributed by atoms with Crippen molar-refractivity contribution in [2.24, 2.45) is 0 Å². The van der Waals surface area contributed by atoms with Crippen LogP contribution < -0.4 is 10.0 Å². The van der Waals surface area contributed by atoms with Gasteiger partial charge in [0.05, 0.1) is 11.9 Å². The third-order valence-corrected chi connectivity index (χ3v) is 4.03. The second kappa shape index (κ2) is 6.83. The Morgan fingerprint density at radius 2 is 1.78 bits per heavy atom. The van der Waals surface area contributed by atoms with Crippen LogP contribution in [0.1, 0.15) is 28.4 Å². The maximum absolute atomic E-state index is 12.4. The van der Waals surface area contributed by atoms with E-state index in [4.69, 9.17) is 0 Å². The van der Waals surface area contributed by atoms with Crippen LogP contribution in [0.25, 0.3) is 0 Å². The van der Waals surface area contributed by atoms with Gasteiger partial charge in [-0.05, 0) is 42.7 Å². The molecule has 2 N–H and O–H groups in total. The minimum atomic E-state index is -3.39. The van der Waals surface area contributed by atoms with Crippen LogP contribution in [0.5, 0.6) is 0 Å². The summed E-state index contributed by atoms with van der Waals surface area (Å²) in [5.41, 5.74) is 3.36. The van der Waals surface area contributed by atoms with E-state index in [0.717, 1.165) is 29.5 Å². The van der Waals surface area contributed by atoms with Gasteiger partial charge in [-0.3, -0.25) is 9.52 Å². The maximum atomic E-state index is 12.4. The van der Waals surface area contributed by atoms with Crippen LogP contribution in [0.4, 0.5) is 11.4 Å². The van der Waals surface area contributed by atoms with Gasteiger partial charge in [0.15, 0.2) is 0 Å². The van der Waals surface area contributed by atoms with Crippen molar-refractivity contribution < 1.29 is 13.2 Å². The molecule has 0 heterocycles. The van der Waals surface area contributed by atoms with Crippen molar-refractivity contribution >= 4 is 27.3 Å². The van der Waals surface area contributed by atoms with Gasteiger partial charge >= 0.3 is 0 Å². The van der Waals surface area contributed by atoms with Gasteiger partial charge in [0.1, 0.15) is 0 Å². The van der Waals surface area contributed by atoms with Crippen molar-refractivity contribution in [2.75, 3.05) is 16.3 Å². The standard InChI is InChI=1S/C17H20N2O3S/c1-4-13-7-5-6-8-15(13)18-17(20)14-10-9-12(2)16(11-14)19-23(3,21)22/h5-11,19H,4H2,1-3H3,(H,18,20). The summed E-state index contributed by atoms with van der Waals surface area (Å²) in [5.74, 6) is -0.276. The first-order valence-corrected chi connectivity index (χ1v) is 9.17. The summed E-state index contributed by atoms with van der Waals surface area (Å²) in [6, 6.07) is 12.5. The van der Waals surface area contributed by atoms with Crippen molar-refractivity contribution in [3.8, 4) is 0 Å². The molecule has 0 spiro atoms. The zero-order valence-electron chi connectivity index (χ0n) is 13.4. The molecule has 0 aromatic heterocycles. The van der Waals surface area contributed by atoms with Crippen LogP contribution in [0.3, 0.4) is 0 Å². The molecule has 0 unspecified atom stereocenters. The number of carbonyl (C=O) groups is 1. The smallest absolute Gasteiger partial charge is 0.255 e. The Labute approximate surface area is 136 Å². The van der Waals surface area contributed by atoms with Crippen molar-refractivity contribution in [1.82, 2.24) is 0 Å². The fourth-order valence-electron chi connectivity index (χ4n) is 2.22. The average molecular weight is 332 g/mol. The summed E-state index contributed by atoms with van der Waals surface area (Å²) in [4.78, 5) is 12.4. The van der Waals surface area contributed by atoms with Gasteiger partial charge < -0.3 is 5.32 Å². The minimum absolute atomic E-state index is 0.276. The molecule has 0 aliphatic heterocycles. The first-order chi connectivity index (χ1) is 10.8. The highest BCUT2D eigenvalue weighted by Crippen LogP contribution is 2.20. The second-order valence-corrected chi connectivity index (χ2v) is 7.12. The van der Waals surface area contributed by atoms with Crippen LogP contribution in [-0.4, -0.2) is 20.6 Å². The second-order valence-electron chi connectivity index (χ2n) is 5.37. The number of rotatable bonds is 5. The first-order valence-electron chi connectivity index (χ1n) is 7.28. The SMILES string of the molecule is CCc1ccccc1NC(=O)c1ccc(C)c(NS(C)(=O)=O)c1.